The fourth-order valence-corrected chi connectivity index (χ4v) is 4.19. The third-order valence-corrected chi connectivity index (χ3v) is 6.75. The Bertz CT molecular complexity index is 1170. The van der Waals surface area contributed by atoms with Crippen molar-refractivity contribution in [2.45, 2.75) is 16.7 Å². The Morgan fingerprint density at radius 3 is 1.90 bits per heavy atom. The average molecular weight is 436 g/mol. The van der Waals surface area contributed by atoms with Crippen LogP contribution >= 0.6 is 0 Å². The van der Waals surface area contributed by atoms with Gasteiger partial charge in [0, 0.05) is 24.1 Å². The molecule has 0 radical (unpaired) electrons. The van der Waals surface area contributed by atoms with Crippen molar-refractivity contribution >= 4 is 37.1 Å². The van der Waals surface area contributed by atoms with Gasteiger partial charge in [0.1, 0.15) is 0 Å². The standard InChI is InChI=1S/C19H21N3O5S2/c1-13-12-22(19(23)20-15-6-10-17(11-7-15)29(3,26)27)21-18(13)14-4-8-16(9-5-14)28(2,24)25/h4-11,13H,12H2,1-3H3,(H,20,23)/t13-/m1/s1. The van der Waals surface area contributed by atoms with Crippen molar-refractivity contribution in [3.63, 3.8) is 0 Å². The summed E-state index contributed by atoms with van der Waals surface area (Å²) >= 11 is 0. The molecule has 10 heteroatoms. The van der Waals surface area contributed by atoms with Crippen LogP contribution in [0.1, 0.15) is 12.5 Å². The van der Waals surface area contributed by atoms with Crippen LogP contribution in [-0.2, 0) is 19.7 Å². The van der Waals surface area contributed by atoms with Crippen LogP contribution < -0.4 is 5.32 Å². The van der Waals surface area contributed by atoms with Gasteiger partial charge in [-0.2, -0.15) is 5.10 Å². The summed E-state index contributed by atoms with van der Waals surface area (Å²) < 4.78 is 46.2. The normalized spacial score (nSPS) is 17.1. The Morgan fingerprint density at radius 2 is 1.41 bits per heavy atom. The van der Waals surface area contributed by atoms with E-state index in [0.717, 1.165) is 18.1 Å². The molecule has 1 heterocycles. The zero-order chi connectivity index (χ0) is 21.4. The monoisotopic (exact) mass is 435 g/mol. The minimum Gasteiger partial charge on any atom is -0.306 e. The van der Waals surface area contributed by atoms with Crippen LogP contribution in [0.5, 0.6) is 0 Å². The second-order valence-electron chi connectivity index (χ2n) is 6.99. The maximum absolute atomic E-state index is 12.5. The van der Waals surface area contributed by atoms with Gasteiger partial charge in [-0.3, -0.25) is 0 Å². The van der Waals surface area contributed by atoms with Gasteiger partial charge in [0.05, 0.1) is 22.0 Å². The number of nitrogens with zero attached hydrogens (tertiary/aromatic N) is 2. The van der Waals surface area contributed by atoms with Gasteiger partial charge in [0.15, 0.2) is 19.7 Å². The lowest BCUT2D eigenvalue weighted by atomic mass is 10.00. The number of nitrogens with one attached hydrogen (secondary N) is 1. The molecular formula is C19H21N3O5S2. The van der Waals surface area contributed by atoms with Crippen LogP contribution in [0, 0.1) is 5.92 Å². The Morgan fingerprint density at radius 1 is 0.931 bits per heavy atom. The van der Waals surface area contributed by atoms with Gasteiger partial charge in [-0.1, -0.05) is 19.1 Å². The van der Waals surface area contributed by atoms with E-state index in [1.165, 1.54) is 41.4 Å². The maximum atomic E-state index is 12.5. The summed E-state index contributed by atoms with van der Waals surface area (Å²) in [5, 5.41) is 8.37. The molecule has 2 aromatic carbocycles. The van der Waals surface area contributed by atoms with Gasteiger partial charge >= 0.3 is 6.03 Å². The van der Waals surface area contributed by atoms with Crippen LogP contribution in [0.2, 0.25) is 0 Å². The summed E-state index contributed by atoms with van der Waals surface area (Å²) in [7, 11) is -6.58. The molecule has 1 aliphatic heterocycles. The number of rotatable bonds is 4. The average Bonchev–Trinajstić information content (AvgIpc) is 3.03. The highest BCUT2D eigenvalue weighted by atomic mass is 32.2. The highest BCUT2D eigenvalue weighted by Crippen LogP contribution is 2.22. The molecule has 0 spiro atoms. The molecule has 1 aliphatic rings. The van der Waals surface area contributed by atoms with E-state index in [1.807, 2.05) is 6.92 Å². The summed E-state index contributed by atoms with van der Waals surface area (Å²) in [6, 6.07) is 11.8. The van der Waals surface area contributed by atoms with Crippen LogP contribution in [0.15, 0.2) is 63.4 Å². The number of urea groups is 1. The molecule has 8 nitrogen and oxygen atoms in total. The van der Waals surface area contributed by atoms with Crippen molar-refractivity contribution in [1.29, 1.82) is 0 Å². The van der Waals surface area contributed by atoms with Gasteiger partial charge in [-0.15, -0.1) is 0 Å². The van der Waals surface area contributed by atoms with Crippen molar-refractivity contribution in [3.8, 4) is 0 Å². The number of anilines is 1. The molecule has 0 saturated heterocycles. The smallest absolute Gasteiger partial charge is 0.306 e. The Balaban J connectivity index is 1.75. The number of carbonyl (C=O) groups is 1. The number of carbonyl (C=O) groups excluding carboxylic acids is 1. The molecule has 29 heavy (non-hydrogen) atoms. The van der Waals surface area contributed by atoms with Gasteiger partial charge in [0.25, 0.3) is 0 Å². The van der Waals surface area contributed by atoms with E-state index in [1.54, 1.807) is 12.1 Å². The first kappa shape index (κ1) is 21.0. The van der Waals surface area contributed by atoms with Gasteiger partial charge < -0.3 is 5.32 Å². The van der Waals surface area contributed by atoms with Crippen molar-refractivity contribution < 1.29 is 21.6 Å². The Hall–Kier alpha value is -2.72. The lowest BCUT2D eigenvalue weighted by Crippen LogP contribution is -2.30. The SMILES string of the molecule is C[C@@H]1CN(C(=O)Nc2ccc(S(C)(=O)=O)cc2)N=C1c1ccc(S(C)(=O)=O)cc1. The lowest BCUT2D eigenvalue weighted by molar-refractivity contribution is 0.216. The number of benzene rings is 2. The molecule has 2 aromatic rings. The van der Waals surface area contributed by atoms with Gasteiger partial charge in [0.2, 0.25) is 0 Å². The van der Waals surface area contributed by atoms with E-state index in [0.29, 0.717) is 17.9 Å². The molecule has 0 unspecified atom stereocenters. The molecule has 1 N–H and O–H groups in total. The van der Waals surface area contributed by atoms with Crippen molar-refractivity contribution in [2.75, 3.05) is 24.4 Å². The first-order valence-corrected chi connectivity index (χ1v) is 12.5. The molecule has 0 saturated carbocycles. The van der Waals surface area contributed by atoms with E-state index in [4.69, 9.17) is 0 Å². The van der Waals surface area contributed by atoms with Crippen molar-refractivity contribution in [3.05, 3.63) is 54.1 Å². The van der Waals surface area contributed by atoms with E-state index in [9.17, 15) is 21.6 Å². The summed E-state index contributed by atoms with van der Waals surface area (Å²) in [6.07, 6.45) is 2.26. The van der Waals surface area contributed by atoms with Crippen LogP contribution in [-0.4, -0.2) is 52.6 Å². The predicted molar refractivity (Wildman–Crippen MR) is 111 cm³/mol. The largest absolute Gasteiger partial charge is 0.342 e. The second kappa shape index (κ2) is 7.60. The summed E-state index contributed by atoms with van der Waals surface area (Å²) in [5.74, 6) is -0.0301. The van der Waals surface area contributed by atoms with E-state index in [-0.39, 0.29) is 15.7 Å². The summed E-state index contributed by atoms with van der Waals surface area (Å²) in [4.78, 5) is 12.9. The third kappa shape index (κ3) is 4.83. The quantitative estimate of drug-likeness (QED) is 0.792. The molecule has 0 fully saturated rings. The van der Waals surface area contributed by atoms with Gasteiger partial charge in [-0.05, 0) is 42.0 Å². The summed E-state index contributed by atoms with van der Waals surface area (Å²) in [5.41, 5.74) is 1.89. The zero-order valence-corrected chi connectivity index (χ0v) is 17.8. The molecule has 154 valence electrons. The molecule has 0 aliphatic carbocycles. The Labute approximate surface area is 170 Å². The zero-order valence-electron chi connectivity index (χ0n) is 16.2. The van der Waals surface area contributed by atoms with Crippen LogP contribution in [0.4, 0.5) is 10.5 Å². The molecule has 0 bridgehead atoms. The van der Waals surface area contributed by atoms with E-state index >= 15 is 0 Å². The lowest BCUT2D eigenvalue weighted by Gasteiger charge is -2.13. The predicted octanol–water partition coefficient (Wildman–Crippen LogP) is 2.38. The van der Waals surface area contributed by atoms with Crippen molar-refractivity contribution in [1.82, 2.24) is 5.01 Å². The summed E-state index contributed by atoms with van der Waals surface area (Å²) in [6.45, 7) is 2.30. The number of hydrogen-bond donors (Lipinski definition) is 1. The fourth-order valence-electron chi connectivity index (χ4n) is 2.93. The maximum Gasteiger partial charge on any atom is 0.342 e. The van der Waals surface area contributed by atoms with Crippen LogP contribution in [0.3, 0.4) is 0 Å². The molecule has 3 rings (SSSR count). The highest BCUT2D eigenvalue weighted by molar-refractivity contribution is 7.91. The second-order valence-corrected chi connectivity index (χ2v) is 11.0. The molecule has 0 aromatic heterocycles. The highest BCUT2D eigenvalue weighted by Gasteiger charge is 2.28. The van der Waals surface area contributed by atoms with E-state index < -0.39 is 25.7 Å². The third-order valence-electron chi connectivity index (χ3n) is 4.49. The minimum absolute atomic E-state index is 0.0301. The first-order valence-electron chi connectivity index (χ1n) is 8.73. The molecule has 1 atom stereocenters. The number of hydrogen-bond acceptors (Lipinski definition) is 6. The van der Waals surface area contributed by atoms with Crippen molar-refractivity contribution in [2.24, 2.45) is 11.0 Å². The van der Waals surface area contributed by atoms with Gasteiger partial charge in [-0.25, -0.2) is 26.6 Å². The molecule has 2 amide bonds. The number of amides is 2. The minimum atomic E-state index is -3.30. The topological polar surface area (TPSA) is 113 Å². The van der Waals surface area contributed by atoms with Crippen LogP contribution in [0.25, 0.3) is 0 Å². The number of hydrazone groups is 1. The van der Waals surface area contributed by atoms with E-state index in [2.05, 4.69) is 10.4 Å². The number of sulfone groups is 2. The fraction of sp³-hybridized carbons (Fsp3) is 0.263. The molecular weight excluding hydrogens is 414 g/mol. The first-order chi connectivity index (χ1) is 13.4. The Kier molecular flexibility index (Phi) is 5.50.